The average Bonchev–Trinajstić information content (AvgIpc) is 2.97. The first-order valence-corrected chi connectivity index (χ1v) is 5.27. The first-order valence-electron chi connectivity index (χ1n) is 5.27. The third kappa shape index (κ3) is 1.82. The number of benzene rings is 1. The maximum absolute atomic E-state index is 12.7. The van der Waals surface area contributed by atoms with E-state index in [4.69, 9.17) is 5.73 Å². The summed E-state index contributed by atoms with van der Waals surface area (Å²) in [6.07, 6.45) is -2.49. The fraction of sp³-hybridized carbons (Fsp3) is 0.500. The Labute approximate surface area is 92.5 Å². The highest BCUT2D eigenvalue weighted by molar-refractivity contribution is 5.40. The largest absolute Gasteiger partial charge is 0.416 e. The van der Waals surface area contributed by atoms with E-state index < -0.39 is 11.7 Å². The lowest BCUT2D eigenvalue weighted by Crippen LogP contribution is -2.20. The zero-order chi connectivity index (χ0) is 12.0. The second-order valence-corrected chi connectivity index (χ2v) is 4.51. The molecule has 0 aromatic heterocycles. The van der Waals surface area contributed by atoms with Crippen LogP contribution < -0.4 is 5.73 Å². The average molecular weight is 229 g/mol. The van der Waals surface area contributed by atoms with Crippen LogP contribution in [0, 0.1) is 6.92 Å². The monoisotopic (exact) mass is 229 g/mol. The van der Waals surface area contributed by atoms with Crippen molar-refractivity contribution in [2.45, 2.75) is 31.4 Å². The fourth-order valence-corrected chi connectivity index (χ4v) is 2.02. The molecule has 2 N–H and O–H groups in total. The molecule has 4 heteroatoms. The molecule has 88 valence electrons. The number of alkyl halides is 3. The van der Waals surface area contributed by atoms with E-state index in [-0.39, 0.29) is 11.0 Å². The number of hydrogen-bond acceptors (Lipinski definition) is 1. The van der Waals surface area contributed by atoms with E-state index in [1.54, 1.807) is 6.07 Å². The van der Waals surface area contributed by atoms with Gasteiger partial charge in [-0.15, -0.1) is 0 Å². The van der Waals surface area contributed by atoms with Crippen LogP contribution in [0.1, 0.15) is 29.5 Å². The van der Waals surface area contributed by atoms with E-state index in [1.165, 1.54) is 19.1 Å². The molecule has 0 heterocycles. The zero-order valence-corrected chi connectivity index (χ0v) is 9.06. The van der Waals surface area contributed by atoms with Crippen molar-refractivity contribution in [3.63, 3.8) is 0 Å². The van der Waals surface area contributed by atoms with Gasteiger partial charge in [-0.05, 0) is 37.0 Å². The lowest BCUT2D eigenvalue weighted by molar-refractivity contribution is -0.138. The Bertz CT molecular complexity index is 405. The maximum Gasteiger partial charge on any atom is 0.416 e. The third-order valence-electron chi connectivity index (χ3n) is 3.40. The molecular weight excluding hydrogens is 215 g/mol. The van der Waals surface area contributed by atoms with Gasteiger partial charge in [0.2, 0.25) is 0 Å². The van der Waals surface area contributed by atoms with E-state index >= 15 is 0 Å². The van der Waals surface area contributed by atoms with Gasteiger partial charge in [-0.3, -0.25) is 0 Å². The molecule has 16 heavy (non-hydrogen) atoms. The second kappa shape index (κ2) is 3.48. The first kappa shape index (κ1) is 11.5. The summed E-state index contributed by atoms with van der Waals surface area (Å²) in [5.74, 6) is 0. The summed E-state index contributed by atoms with van der Waals surface area (Å²) in [5, 5.41) is 0. The van der Waals surface area contributed by atoms with Crippen molar-refractivity contribution in [3.05, 3.63) is 34.9 Å². The van der Waals surface area contributed by atoms with Crippen molar-refractivity contribution in [3.8, 4) is 0 Å². The van der Waals surface area contributed by atoms with Crippen LogP contribution in [0.15, 0.2) is 18.2 Å². The van der Waals surface area contributed by atoms with Gasteiger partial charge < -0.3 is 5.73 Å². The number of rotatable bonds is 2. The van der Waals surface area contributed by atoms with Crippen molar-refractivity contribution in [1.82, 2.24) is 0 Å². The smallest absolute Gasteiger partial charge is 0.330 e. The van der Waals surface area contributed by atoms with Crippen LogP contribution in [0.2, 0.25) is 0 Å². The van der Waals surface area contributed by atoms with E-state index in [2.05, 4.69) is 0 Å². The number of halogens is 3. The van der Waals surface area contributed by atoms with Gasteiger partial charge in [0.05, 0.1) is 5.56 Å². The summed E-state index contributed by atoms with van der Waals surface area (Å²) >= 11 is 0. The van der Waals surface area contributed by atoms with Crippen molar-refractivity contribution in [2.75, 3.05) is 6.54 Å². The van der Waals surface area contributed by atoms with Crippen molar-refractivity contribution in [1.29, 1.82) is 0 Å². The molecule has 0 radical (unpaired) electrons. The Morgan fingerprint density at radius 2 is 1.94 bits per heavy atom. The molecule has 0 spiro atoms. The van der Waals surface area contributed by atoms with Gasteiger partial charge in [-0.2, -0.15) is 13.2 Å². The maximum atomic E-state index is 12.7. The predicted molar refractivity (Wildman–Crippen MR) is 56.1 cm³/mol. The van der Waals surface area contributed by atoms with Crippen LogP contribution in [0.25, 0.3) is 0 Å². The summed E-state index contributed by atoms with van der Waals surface area (Å²) < 4.78 is 38.1. The van der Waals surface area contributed by atoms with E-state index in [0.717, 1.165) is 18.4 Å². The number of aryl methyl sites for hydroxylation is 1. The molecular formula is C12H14F3N. The number of nitrogens with two attached hydrogens (primary N) is 1. The zero-order valence-electron chi connectivity index (χ0n) is 9.06. The Balaban J connectivity index is 2.44. The Morgan fingerprint density at radius 3 is 2.38 bits per heavy atom. The summed E-state index contributed by atoms with van der Waals surface area (Å²) in [4.78, 5) is 0. The van der Waals surface area contributed by atoms with Crippen LogP contribution in [0.4, 0.5) is 13.2 Å². The molecule has 1 aromatic carbocycles. The van der Waals surface area contributed by atoms with E-state index in [0.29, 0.717) is 6.54 Å². The van der Waals surface area contributed by atoms with Gasteiger partial charge in [0.15, 0.2) is 0 Å². The van der Waals surface area contributed by atoms with Gasteiger partial charge in [-0.25, -0.2) is 0 Å². The van der Waals surface area contributed by atoms with Gasteiger partial charge in [0.25, 0.3) is 0 Å². The van der Waals surface area contributed by atoms with Crippen LogP contribution >= 0.6 is 0 Å². The van der Waals surface area contributed by atoms with Crippen molar-refractivity contribution in [2.24, 2.45) is 5.73 Å². The Hall–Kier alpha value is -1.03. The van der Waals surface area contributed by atoms with Gasteiger partial charge in [0, 0.05) is 12.0 Å². The lowest BCUT2D eigenvalue weighted by Gasteiger charge is -2.17. The summed E-state index contributed by atoms with van der Waals surface area (Å²) in [6.45, 7) is 1.90. The summed E-state index contributed by atoms with van der Waals surface area (Å²) in [7, 11) is 0. The quantitative estimate of drug-likeness (QED) is 0.828. The van der Waals surface area contributed by atoms with Crippen molar-refractivity contribution < 1.29 is 13.2 Å². The third-order valence-corrected chi connectivity index (χ3v) is 3.40. The first-order chi connectivity index (χ1) is 7.39. The molecule has 1 nitrogen and oxygen atoms in total. The van der Waals surface area contributed by atoms with Gasteiger partial charge >= 0.3 is 6.18 Å². The topological polar surface area (TPSA) is 26.0 Å². The van der Waals surface area contributed by atoms with Crippen molar-refractivity contribution >= 4 is 0 Å². The highest BCUT2D eigenvalue weighted by Gasteiger charge is 2.44. The fourth-order valence-electron chi connectivity index (χ4n) is 2.02. The molecule has 0 aliphatic heterocycles. The molecule has 0 amide bonds. The standard InChI is InChI=1S/C12H14F3N/c1-8-2-3-9(11(7-16)4-5-11)6-10(8)12(13,14)15/h2-3,6H,4-5,7,16H2,1H3. The van der Waals surface area contributed by atoms with Gasteiger partial charge in [-0.1, -0.05) is 12.1 Å². The van der Waals surface area contributed by atoms with Gasteiger partial charge in [0.1, 0.15) is 0 Å². The molecule has 1 saturated carbocycles. The molecule has 0 bridgehead atoms. The molecule has 2 rings (SSSR count). The minimum atomic E-state index is -4.27. The Morgan fingerprint density at radius 1 is 1.31 bits per heavy atom. The SMILES string of the molecule is Cc1ccc(C2(CN)CC2)cc1C(F)(F)F. The minimum absolute atomic E-state index is 0.187. The molecule has 1 aliphatic carbocycles. The summed E-state index contributed by atoms with van der Waals surface area (Å²) in [6, 6.07) is 4.56. The molecule has 0 atom stereocenters. The molecule has 1 aliphatic rings. The normalized spacial score (nSPS) is 18.6. The van der Waals surface area contributed by atoms with Crippen LogP contribution in [-0.2, 0) is 11.6 Å². The molecule has 0 saturated heterocycles. The molecule has 1 fully saturated rings. The van der Waals surface area contributed by atoms with Crippen LogP contribution in [0.3, 0.4) is 0 Å². The van der Waals surface area contributed by atoms with Crippen LogP contribution in [-0.4, -0.2) is 6.54 Å². The second-order valence-electron chi connectivity index (χ2n) is 4.51. The Kier molecular flexibility index (Phi) is 2.49. The van der Waals surface area contributed by atoms with E-state index in [1.807, 2.05) is 0 Å². The lowest BCUT2D eigenvalue weighted by atomic mass is 9.92. The molecule has 0 unspecified atom stereocenters. The van der Waals surface area contributed by atoms with E-state index in [9.17, 15) is 13.2 Å². The van der Waals surface area contributed by atoms with Crippen LogP contribution in [0.5, 0.6) is 0 Å². The highest BCUT2D eigenvalue weighted by Crippen LogP contribution is 2.48. The predicted octanol–water partition coefficient (Wildman–Crippen LogP) is 3.00. The molecule has 1 aromatic rings. The summed E-state index contributed by atoms with van der Waals surface area (Å²) in [5.41, 5.74) is 5.89. The minimum Gasteiger partial charge on any atom is -0.330 e. The number of hydrogen-bond donors (Lipinski definition) is 1. The highest BCUT2D eigenvalue weighted by atomic mass is 19.4.